The summed E-state index contributed by atoms with van der Waals surface area (Å²) in [5.74, 6) is -0.866. The smallest absolute Gasteiger partial charge is 0.462 e. The molecule has 408 valence electrons. The van der Waals surface area contributed by atoms with Crippen molar-refractivity contribution >= 4 is 19.8 Å². The zero-order valence-electron chi connectivity index (χ0n) is 45.4. The maximum atomic E-state index is 12.7. The van der Waals surface area contributed by atoms with Crippen molar-refractivity contribution in [2.75, 3.05) is 26.4 Å². The molecular formula is C62H102NO8P. The van der Waals surface area contributed by atoms with Crippen molar-refractivity contribution in [3.8, 4) is 0 Å². The molecule has 0 rings (SSSR count). The Bertz CT molecular complexity index is 1630. The first-order valence-corrected chi connectivity index (χ1v) is 29.7. The minimum Gasteiger partial charge on any atom is -0.462 e. The Labute approximate surface area is 440 Å². The van der Waals surface area contributed by atoms with E-state index in [2.05, 4.69) is 148 Å². The Hall–Kier alpha value is -3.85. The molecule has 2 unspecified atom stereocenters. The van der Waals surface area contributed by atoms with Gasteiger partial charge < -0.3 is 20.1 Å². The zero-order chi connectivity index (χ0) is 52.4. The topological polar surface area (TPSA) is 134 Å². The number of phosphoric ester groups is 1. The quantitative estimate of drug-likeness (QED) is 0.0264. The molecule has 0 spiro atoms. The van der Waals surface area contributed by atoms with Crippen LogP contribution in [0.15, 0.2) is 134 Å². The van der Waals surface area contributed by atoms with Gasteiger partial charge in [0.25, 0.3) is 0 Å². The summed E-state index contributed by atoms with van der Waals surface area (Å²) >= 11 is 0. The second-order valence-electron chi connectivity index (χ2n) is 18.1. The minimum absolute atomic E-state index is 0.0424. The average Bonchev–Trinajstić information content (AvgIpc) is 3.37. The summed E-state index contributed by atoms with van der Waals surface area (Å²) in [5, 5.41) is 0. The van der Waals surface area contributed by atoms with Gasteiger partial charge in [0, 0.05) is 19.4 Å². The van der Waals surface area contributed by atoms with Crippen molar-refractivity contribution in [2.24, 2.45) is 5.73 Å². The highest BCUT2D eigenvalue weighted by Crippen LogP contribution is 2.43. The van der Waals surface area contributed by atoms with Gasteiger partial charge in [0.05, 0.1) is 13.2 Å². The van der Waals surface area contributed by atoms with Gasteiger partial charge in [-0.3, -0.25) is 18.6 Å². The molecule has 0 saturated carbocycles. The van der Waals surface area contributed by atoms with E-state index in [1.165, 1.54) is 44.9 Å². The SMILES string of the molecule is CC/C=C\C/C=C\C/C=C\C/C=C\C/C=C\C/C=C\C/C=C\C/C=C\C/C=C\CCCCCCCCCC(=O)OC(COC(=O)CCCCCCC/C=C\C/C=C\CCCCCC)COP(=O)(O)OCCN. The summed E-state index contributed by atoms with van der Waals surface area (Å²) in [4.78, 5) is 35.1. The van der Waals surface area contributed by atoms with Gasteiger partial charge in [-0.2, -0.15) is 0 Å². The molecule has 3 N–H and O–H groups in total. The van der Waals surface area contributed by atoms with E-state index in [4.69, 9.17) is 24.3 Å². The van der Waals surface area contributed by atoms with Gasteiger partial charge in [-0.05, 0) is 116 Å². The molecule has 0 aliphatic rings. The monoisotopic (exact) mass is 1020 g/mol. The van der Waals surface area contributed by atoms with Crippen molar-refractivity contribution < 1.29 is 37.6 Å². The van der Waals surface area contributed by atoms with Gasteiger partial charge in [0.2, 0.25) is 0 Å². The van der Waals surface area contributed by atoms with Crippen molar-refractivity contribution in [2.45, 2.75) is 219 Å². The Kier molecular flexibility index (Phi) is 53.4. The van der Waals surface area contributed by atoms with Crippen LogP contribution in [0.2, 0.25) is 0 Å². The van der Waals surface area contributed by atoms with E-state index in [9.17, 15) is 19.0 Å². The lowest BCUT2D eigenvalue weighted by Gasteiger charge is -2.19. The fourth-order valence-electron chi connectivity index (χ4n) is 7.13. The van der Waals surface area contributed by atoms with Crippen molar-refractivity contribution in [1.29, 1.82) is 0 Å². The number of unbranched alkanes of at least 4 members (excludes halogenated alkanes) is 16. The third-order valence-corrected chi connectivity index (χ3v) is 12.3. The Balaban J connectivity index is 4.06. The number of ether oxygens (including phenoxy) is 2. The normalized spacial score (nSPS) is 14.1. The number of phosphoric acid groups is 1. The highest BCUT2D eigenvalue weighted by molar-refractivity contribution is 7.47. The third-order valence-electron chi connectivity index (χ3n) is 11.3. The maximum Gasteiger partial charge on any atom is 0.472 e. The second-order valence-corrected chi connectivity index (χ2v) is 19.5. The van der Waals surface area contributed by atoms with E-state index < -0.39 is 32.5 Å². The molecule has 0 amide bonds. The fourth-order valence-corrected chi connectivity index (χ4v) is 7.89. The minimum atomic E-state index is -4.40. The predicted molar refractivity (Wildman–Crippen MR) is 307 cm³/mol. The van der Waals surface area contributed by atoms with Gasteiger partial charge in [-0.25, -0.2) is 4.57 Å². The van der Waals surface area contributed by atoms with Gasteiger partial charge in [0.15, 0.2) is 6.10 Å². The Morgan fingerprint density at radius 3 is 1.14 bits per heavy atom. The lowest BCUT2D eigenvalue weighted by atomic mass is 10.1. The van der Waals surface area contributed by atoms with E-state index in [0.29, 0.717) is 12.8 Å². The lowest BCUT2D eigenvalue weighted by Crippen LogP contribution is -2.29. The number of hydrogen-bond acceptors (Lipinski definition) is 8. The molecule has 0 fully saturated rings. The van der Waals surface area contributed by atoms with E-state index in [1.54, 1.807) is 0 Å². The Morgan fingerprint density at radius 2 is 0.764 bits per heavy atom. The number of nitrogens with two attached hydrogens (primary N) is 1. The molecule has 72 heavy (non-hydrogen) atoms. The number of carbonyl (C=O) groups excluding carboxylic acids is 2. The molecule has 10 heteroatoms. The van der Waals surface area contributed by atoms with Gasteiger partial charge in [-0.15, -0.1) is 0 Å². The predicted octanol–water partition coefficient (Wildman–Crippen LogP) is 17.8. The molecule has 0 radical (unpaired) electrons. The number of allylic oxidation sites excluding steroid dienone is 22. The highest BCUT2D eigenvalue weighted by Gasteiger charge is 2.26. The van der Waals surface area contributed by atoms with Gasteiger partial charge in [-0.1, -0.05) is 218 Å². The molecule has 0 bridgehead atoms. The molecule has 0 aliphatic carbocycles. The van der Waals surface area contributed by atoms with Crippen molar-refractivity contribution in [3.05, 3.63) is 134 Å². The van der Waals surface area contributed by atoms with E-state index >= 15 is 0 Å². The molecular weight excluding hydrogens is 918 g/mol. The summed E-state index contributed by atoms with van der Waals surface area (Å²) < 4.78 is 32.9. The molecule has 0 saturated heterocycles. The first-order chi connectivity index (χ1) is 35.3. The molecule has 0 aromatic heterocycles. The van der Waals surface area contributed by atoms with E-state index in [0.717, 1.165) is 128 Å². The highest BCUT2D eigenvalue weighted by atomic mass is 31.2. The van der Waals surface area contributed by atoms with Crippen LogP contribution in [0.5, 0.6) is 0 Å². The zero-order valence-corrected chi connectivity index (χ0v) is 46.3. The standard InChI is InChI=1S/C62H102NO8P/c1-3-5-7-9-11-13-15-17-19-21-22-23-24-25-26-27-28-29-30-31-32-33-34-35-36-37-38-39-41-43-45-47-49-51-53-55-62(65)71-60(59-70-72(66,67)69-57-56-63)58-68-61(64)54-52-50-48-46-44-42-40-20-18-16-14-12-10-8-6-4-2/h5,7,11,13-14,16-17,19-20,22-23,25-26,28-29,31-32,34-35,37-38,40,60H,3-4,6,8-10,12,15,18,21,24,27,30,33,36,39,41-59,63H2,1-2H3,(H,66,67)/b7-5-,13-11-,16-14-,19-17-,23-22-,26-25-,29-28-,32-31-,35-34-,38-37-,40-20-. The van der Waals surface area contributed by atoms with Crippen LogP contribution >= 0.6 is 7.82 Å². The maximum absolute atomic E-state index is 12.7. The summed E-state index contributed by atoms with van der Waals surface area (Å²) in [5.41, 5.74) is 5.37. The molecule has 0 aromatic carbocycles. The van der Waals surface area contributed by atoms with Crippen LogP contribution in [0.25, 0.3) is 0 Å². The van der Waals surface area contributed by atoms with Gasteiger partial charge in [0.1, 0.15) is 6.61 Å². The third kappa shape index (κ3) is 55.5. The molecule has 9 nitrogen and oxygen atoms in total. The number of esters is 2. The van der Waals surface area contributed by atoms with E-state index in [-0.39, 0.29) is 32.6 Å². The summed E-state index contributed by atoms with van der Waals surface area (Å²) in [6, 6.07) is 0. The molecule has 0 heterocycles. The first kappa shape index (κ1) is 68.2. The molecule has 0 aliphatic heterocycles. The molecule has 2 atom stereocenters. The second kappa shape index (κ2) is 56.4. The largest absolute Gasteiger partial charge is 0.472 e. The lowest BCUT2D eigenvalue weighted by molar-refractivity contribution is -0.161. The summed E-state index contributed by atoms with van der Waals surface area (Å²) in [6.07, 6.45) is 79.3. The van der Waals surface area contributed by atoms with Crippen LogP contribution < -0.4 is 5.73 Å². The van der Waals surface area contributed by atoms with Crippen LogP contribution in [0.1, 0.15) is 213 Å². The number of rotatable bonds is 51. The summed E-state index contributed by atoms with van der Waals surface area (Å²) in [7, 11) is -4.40. The van der Waals surface area contributed by atoms with Crippen LogP contribution in [-0.2, 0) is 32.7 Å². The van der Waals surface area contributed by atoms with Crippen LogP contribution in [-0.4, -0.2) is 49.3 Å². The van der Waals surface area contributed by atoms with E-state index in [1.807, 2.05) is 0 Å². The number of carbonyl (C=O) groups is 2. The molecule has 0 aromatic rings. The average molecular weight is 1020 g/mol. The Morgan fingerprint density at radius 1 is 0.431 bits per heavy atom. The van der Waals surface area contributed by atoms with Crippen LogP contribution in [0, 0.1) is 0 Å². The first-order valence-electron chi connectivity index (χ1n) is 28.2. The fraction of sp³-hybridized carbons (Fsp3) is 0.613. The van der Waals surface area contributed by atoms with Crippen molar-refractivity contribution in [1.82, 2.24) is 0 Å². The van der Waals surface area contributed by atoms with Crippen LogP contribution in [0.3, 0.4) is 0 Å². The van der Waals surface area contributed by atoms with Crippen molar-refractivity contribution in [3.63, 3.8) is 0 Å². The number of hydrogen-bond donors (Lipinski definition) is 2. The van der Waals surface area contributed by atoms with Gasteiger partial charge >= 0.3 is 19.8 Å². The summed E-state index contributed by atoms with van der Waals surface area (Å²) in [6.45, 7) is 3.56. The van der Waals surface area contributed by atoms with Crippen LogP contribution in [0.4, 0.5) is 0 Å².